The smallest absolute Gasteiger partial charge is 0.230 e. The van der Waals surface area contributed by atoms with Crippen molar-refractivity contribution < 1.29 is 9.53 Å². The van der Waals surface area contributed by atoms with E-state index in [-0.39, 0.29) is 11.9 Å². The Morgan fingerprint density at radius 2 is 1.86 bits per heavy atom. The molecule has 1 unspecified atom stereocenters. The first kappa shape index (κ1) is 21.7. The molecule has 2 aromatic rings. The number of methoxy groups -OCH3 is 1. The fraction of sp³-hybridized carbons (Fsp3) is 0.591. The van der Waals surface area contributed by atoms with Gasteiger partial charge in [0.2, 0.25) is 5.91 Å². The number of nitrogens with one attached hydrogen (secondary N) is 1. The number of carbonyl (C=O) groups is 1. The minimum absolute atomic E-state index is 0.0420. The predicted molar refractivity (Wildman–Crippen MR) is 117 cm³/mol. The van der Waals surface area contributed by atoms with Gasteiger partial charge in [0.15, 0.2) is 11.0 Å². The number of carbonyl (C=O) groups excluding carboxylic acids is 1. The molecule has 0 aliphatic heterocycles. The van der Waals surface area contributed by atoms with Crippen molar-refractivity contribution in [1.29, 1.82) is 0 Å². The molecule has 1 atom stereocenters. The van der Waals surface area contributed by atoms with Crippen molar-refractivity contribution in [3.63, 3.8) is 0 Å². The lowest BCUT2D eigenvalue weighted by atomic mass is 9.95. The van der Waals surface area contributed by atoms with Crippen LogP contribution in [0.1, 0.15) is 58.9 Å². The number of thioether (sulfide) groups is 1. The van der Waals surface area contributed by atoms with Gasteiger partial charge in [-0.25, -0.2) is 0 Å². The largest absolute Gasteiger partial charge is 0.497 e. The van der Waals surface area contributed by atoms with Crippen molar-refractivity contribution in [3.05, 3.63) is 24.3 Å². The zero-order valence-corrected chi connectivity index (χ0v) is 18.7. The Kier molecular flexibility index (Phi) is 7.58. The molecule has 1 heterocycles. The molecule has 1 N–H and O–H groups in total. The van der Waals surface area contributed by atoms with Gasteiger partial charge in [0.05, 0.1) is 12.9 Å². The van der Waals surface area contributed by atoms with Crippen LogP contribution in [0, 0.1) is 5.92 Å². The highest BCUT2D eigenvalue weighted by Gasteiger charge is 2.24. The number of hydrogen-bond acceptors (Lipinski definition) is 5. The van der Waals surface area contributed by atoms with E-state index in [0.29, 0.717) is 17.7 Å². The van der Waals surface area contributed by atoms with Crippen LogP contribution in [-0.2, 0) is 4.79 Å². The third-order valence-corrected chi connectivity index (χ3v) is 6.62. The number of hydrogen-bond donors (Lipinski definition) is 1. The molecule has 1 saturated carbocycles. The SMILES string of the molecule is COc1ccc(-c2nnc(SCC(=O)NC(C)C(C)C)n2C2CCCCC2)cc1. The zero-order valence-electron chi connectivity index (χ0n) is 17.9. The van der Waals surface area contributed by atoms with E-state index in [0.717, 1.165) is 35.1 Å². The molecular weight excluding hydrogens is 384 g/mol. The number of rotatable bonds is 8. The van der Waals surface area contributed by atoms with Gasteiger partial charge in [-0.15, -0.1) is 10.2 Å². The molecule has 0 radical (unpaired) electrons. The predicted octanol–water partition coefficient (Wildman–Crippen LogP) is 4.71. The Morgan fingerprint density at radius 1 is 1.17 bits per heavy atom. The van der Waals surface area contributed by atoms with Crippen molar-refractivity contribution in [2.24, 2.45) is 5.92 Å². The van der Waals surface area contributed by atoms with Gasteiger partial charge < -0.3 is 10.1 Å². The van der Waals surface area contributed by atoms with Crippen LogP contribution in [-0.4, -0.2) is 39.6 Å². The normalized spacial score (nSPS) is 16.0. The van der Waals surface area contributed by atoms with Gasteiger partial charge in [-0.2, -0.15) is 0 Å². The summed E-state index contributed by atoms with van der Waals surface area (Å²) in [6.45, 7) is 6.26. The minimum atomic E-state index is 0.0420. The maximum Gasteiger partial charge on any atom is 0.230 e. The van der Waals surface area contributed by atoms with E-state index in [9.17, 15) is 4.79 Å². The fourth-order valence-corrected chi connectivity index (χ4v) is 4.39. The maximum atomic E-state index is 12.4. The Morgan fingerprint density at radius 3 is 2.48 bits per heavy atom. The van der Waals surface area contributed by atoms with Crippen molar-refractivity contribution in [3.8, 4) is 17.1 Å². The first-order chi connectivity index (χ1) is 14.0. The van der Waals surface area contributed by atoms with E-state index in [2.05, 4.69) is 33.9 Å². The lowest BCUT2D eigenvalue weighted by Gasteiger charge is -2.25. The number of aromatic nitrogens is 3. The van der Waals surface area contributed by atoms with Crippen LogP contribution in [0.25, 0.3) is 11.4 Å². The monoisotopic (exact) mass is 416 g/mol. The number of nitrogens with zero attached hydrogens (tertiary/aromatic N) is 3. The summed E-state index contributed by atoms with van der Waals surface area (Å²) in [7, 11) is 1.67. The Labute approximate surface area is 177 Å². The molecule has 1 amide bonds. The third kappa shape index (κ3) is 5.53. The van der Waals surface area contributed by atoms with E-state index in [1.165, 1.54) is 31.0 Å². The Bertz CT molecular complexity index is 798. The summed E-state index contributed by atoms with van der Waals surface area (Å²) in [4.78, 5) is 12.4. The van der Waals surface area contributed by atoms with Crippen molar-refractivity contribution in [2.75, 3.05) is 12.9 Å². The summed E-state index contributed by atoms with van der Waals surface area (Å²) >= 11 is 1.48. The molecule has 1 aromatic carbocycles. The van der Waals surface area contributed by atoms with Gasteiger partial charge in [-0.05, 0) is 49.9 Å². The van der Waals surface area contributed by atoms with Crippen LogP contribution in [0.3, 0.4) is 0 Å². The first-order valence-electron chi connectivity index (χ1n) is 10.5. The van der Waals surface area contributed by atoms with E-state index >= 15 is 0 Å². The fourth-order valence-electron chi connectivity index (χ4n) is 3.57. The maximum absolute atomic E-state index is 12.4. The highest BCUT2D eigenvalue weighted by atomic mass is 32.2. The summed E-state index contributed by atoms with van der Waals surface area (Å²) in [5, 5.41) is 12.9. The number of ether oxygens (including phenoxy) is 1. The molecule has 0 spiro atoms. The van der Waals surface area contributed by atoms with Crippen LogP contribution >= 0.6 is 11.8 Å². The van der Waals surface area contributed by atoms with E-state index in [1.807, 2.05) is 31.2 Å². The van der Waals surface area contributed by atoms with Crippen molar-refractivity contribution in [2.45, 2.75) is 70.1 Å². The van der Waals surface area contributed by atoms with Crippen molar-refractivity contribution >= 4 is 17.7 Å². The van der Waals surface area contributed by atoms with Crippen molar-refractivity contribution in [1.82, 2.24) is 20.1 Å². The highest BCUT2D eigenvalue weighted by molar-refractivity contribution is 7.99. The third-order valence-electron chi connectivity index (χ3n) is 5.67. The molecule has 0 saturated heterocycles. The molecular formula is C22H32N4O2S. The standard InChI is InChI=1S/C22H32N4O2S/c1-15(2)16(3)23-20(27)14-29-22-25-24-21(17-10-12-19(28-4)13-11-17)26(22)18-8-6-5-7-9-18/h10-13,15-16,18H,5-9,14H2,1-4H3,(H,23,27). The second kappa shape index (κ2) is 10.1. The van der Waals surface area contributed by atoms with Gasteiger partial charge in [-0.1, -0.05) is 44.9 Å². The average molecular weight is 417 g/mol. The highest BCUT2D eigenvalue weighted by Crippen LogP contribution is 2.35. The lowest BCUT2D eigenvalue weighted by Crippen LogP contribution is -2.37. The van der Waals surface area contributed by atoms with Crippen LogP contribution in [0.2, 0.25) is 0 Å². The molecule has 7 heteroatoms. The van der Waals surface area contributed by atoms with Gasteiger partial charge >= 0.3 is 0 Å². The molecule has 0 bridgehead atoms. The van der Waals surface area contributed by atoms with Crippen LogP contribution in [0.4, 0.5) is 0 Å². The topological polar surface area (TPSA) is 69.0 Å². The molecule has 1 aromatic heterocycles. The van der Waals surface area contributed by atoms with E-state index in [4.69, 9.17) is 4.74 Å². The molecule has 6 nitrogen and oxygen atoms in total. The van der Waals surface area contributed by atoms with Crippen LogP contribution < -0.4 is 10.1 Å². The second-order valence-corrected chi connectivity index (χ2v) is 9.03. The molecule has 1 aliphatic carbocycles. The Hall–Kier alpha value is -2.02. The van der Waals surface area contributed by atoms with Crippen LogP contribution in [0.15, 0.2) is 29.4 Å². The minimum Gasteiger partial charge on any atom is -0.497 e. The molecule has 29 heavy (non-hydrogen) atoms. The summed E-state index contributed by atoms with van der Waals surface area (Å²) in [5.41, 5.74) is 1.02. The van der Waals surface area contributed by atoms with E-state index in [1.54, 1.807) is 7.11 Å². The van der Waals surface area contributed by atoms with Gasteiger partial charge in [0.1, 0.15) is 5.75 Å². The molecule has 1 aliphatic rings. The summed E-state index contributed by atoms with van der Waals surface area (Å²) in [5.74, 6) is 2.50. The number of benzene rings is 1. The number of amides is 1. The average Bonchev–Trinajstić information content (AvgIpc) is 3.16. The summed E-state index contributed by atoms with van der Waals surface area (Å²) in [6.07, 6.45) is 5.99. The first-order valence-corrected chi connectivity index (χ1v) is 11.5. The molecule has 3 rings (SSSR count). The van der Waals surface area contributed by atoms with Gasteiger partial charge in [-0.3, -0.25) is 9.36 Å². The van der Waals surface area contributed by atoms with Gasteiger partial charge in [0.25, 0.3) is 0 Å². The summed E-state index contributed by atoms with van der Waals surface area (Å²) in [6, 6.07) is 8.48. The molecule has 158 valence electrons. The quantitative estimate of drug-likeness (QED) is 0.631. The second-order valence-electron chi connectivity index (χ2n) is 8.09. The van der Waals surface area contributed by atoms with E-state index < -0.39 is 0 Å². The zero-order chi connectivity index (χ0) is 20.8. The van der Waals surface area contributed by atoms with Gasteiger partial charge in [0, 0.05) is 17.6 Å². The van der Waals surface area contributed by atoms with Crippen LogP contribution in [0.5, 0.6) is 5.75 Å². The lowest BCUT2D eigenvalue weighted by molar-refractivity contribution is -0.119. The molecule has 1 fully saturated rings. The Balaban J connectivity index is 1.81. The summed E-state index contributed by atoms with van der Waals surface area (Å²) < 4.78 is 7.53.